The third-order valence-corrected chi connectivity index (χ3v) is 5.43. The van der Waals surface area contributed by atoms with Crippen molar-refractivity contribution in [3.05, 3.63) is 0 Å². The van der Waals surface area contributed by atoms with Crippen molar-refractivity contribution in [1.82, 2.24) is 10.2 Å². The second kappa shape index (κ2) is 7.00. The molecule has 1 N–H and O–H groups in total. The minimum Gasteiger partial charge on any atom is -0.465 e. The van der Waals surface area contributed by atoms with Crippen molar-refractivity contribution in [2.45, 2.75) is 32.2 Å². The molecule has 0 aromatic carbocycles. The Hall–Kier alpha value is -0.460. The number of likely N-dealkylation sites (N-methyl/N-ethyl adjacent to an activating group) is 1. The first kappa shape index (κ1) is 15.9. The van der Waals surface area contributed by atoms with Gasteiger partial charge in [-0.05, 0) is 32.2 Å². The first-order valence-electron chi connectivity index (χ1n) is 7.62. The molecule has 2 aliphatic rings. The highest BCUT2D eigenvalue weighted by Gasteiger charge is 2.52. The van der Waals surface area contributed by atoms with Crippen LogP contribution in [0.3, 0.4) is 0 Å². The Morgan fingerprint density at radius 2 is 2.00 bits per heavy atom. The Morgan fingerprint density at radius 3 is 2.50 bits per heavy atom. The maximum absolute atomic E-state index is 12.5. The molecule has 1 heterocycles. The minimum absolute atomic E-state index is 0.115. The van der Waals surface area contributed by atoms with E-state index in [2.05, 4.69) is 10.2 Å². The molecule has 1 saturated carbocycles. The molecule has 0 bridgehead atoms. The van der Waals surface area contributed by atoms with E-state index >= 15 is 0 Å². The maximum Gasteiger partial charge on any atom is 0.327 e. The van der Waals surface area contributed by atoms with Gasteiger partial charge in [-0.3, -0.25) is 9.11 Å². The number of esters is 1. The predicted molar refractivity (Wildman–Crippen MR) is 80.1 cm³/mol. The quantitative estimate of drug-likeness (QED) is 0.689. The van der Waals surface area contributed by atoms with Crippen molar-refractivity contribution < 1.29 is 13.7 Å². The van der Waals surface area contributed by atoms with Crippen molar-refractivity contribution in [1.29, 1.82) is 0 Å². The lowest BCUT2D eigenvalue weighted by atomic mass is 9.92. The van der Waals surface area contributed by atoms with Crippen LogP contribution in [0, 0.1) is 5.92 Å². The molecule has 0 spiro atoms. The second-order valence-electron chi connectivity index (χ2n) is 5.62. The molecule has 116 valence electrons. The number of carbonyl (C=O) groups excluding carboxylic acids is 1. The molecule has 0 amide bonds. The van der Waals surface area contributed by atoms with Gasteiger partial charge in [0.1, 0.15) is 5.54 Å². The van der Waals surface area contributed by atoms with E-state index in [9.17, 15) is 9.00 Å². The van der Waals surface area contributed by atoms with Gasteiger partial charge in [0.25, 0.3) is 0 Å². The van der Waals surface area contributed by atoms with Crippen LogP contribution in [0.5, 0.6) is 0 Å². The Morgan fingerprint density at radius 1 is 1.35 bits per heavy atom. The third-order valence-electron chi connectivity index (χ3n) is 4.15. The lowest BCUT2D eigenvalue weighted by Crippen LogP contribution is -2.62. The van der Waals surface area contributed by atoms with Crippen molar-refractivity contribution in [2.24, 2.45) is 5.92 Å². The zero-order valence-corrected chi connectivity index (χ0v) is 13.3. The van der Waals surface area contributed by atoms with Gasteiger partial charge in [0.05, 0.1) is 6.61 Å². The largest absolute Gasteiger partial charge is 0.465 e. The number of hydrogen-bond donors (Lipinski definition) is 1. The molecule has 0 radical (unpaired) electrons. The third kappa shape index (κ3) is 3.59. The predicted octanol–water partition coefficient (Wildman–Crippen LogP) is 0.372. The highest BCUT2D eigenvalue weighted by atomic mass is 32.2. The van der Waals surface area contributed by atoms with E-state index in [0.29, 0.717) is 19.1 Å². The highest BCUT2D eigenvalue weighted by Crippen LogP contribution is 2.41. The first-order valence-corrected chi connectivity index (χ1v) is 9.10. The summed E-state index contributed by atoms with van der Waals surface area (Å²) >= 11 is 0. The molecule has 2 fully saturated rings. The van der Waals surface area contributed by atoms with E-state index in [4.69, 9.17) is 4.74 Å². The molecule has 1 aliphatic carbocycles. The molecule has 1 saturated heterocycles. The zero-order valence-electron chi connectivity index (χ0n) is 12.5. The van der Waals surface area contributed by atoms with E-state index in [0.717, 1.165) is 44.0 Å². The Kier molecular flexibility index (Phi) is 5.57. The van der Waals surface area contributed by atoms with E-state index in [1.54, 1.807) is 0 Å². The molecule has 2 rings (SSSR count). The van der Waals surface area contributed by atoms with Gasteiger partial charge in [-0.2, -0.15) is 0 Å². The lowest BCUT2D eigenvalue weighted by Gasteiger charge is -2.38. The van der Waals surface area contributed by atoms with Gasteiger partial charge in [0.2, 0.25) is 0 Å². The molecule has 5 nitrogen and oxygen atoms in total. The summed E-state index contributed by atoms with van der Waals surface area (Å²) in [7, 11) is -0.680. The van der Waals surface area contributed by atoms with E-state index in [1.807, 2.05) is 13.8 Å². The molecular weight excluding hydrogens is 276 g/mol. The van der Waals surface area contributed by atoms with Crippen LogP contribution in [0.2, 0.25) is 0 Å². The summed E-state index contributed by atoms with van der Waals surface area (Å²) in [5, 5.41) is 3.41. The van der Waals surface area contributed by atoms with Gasteiger partial charge < -0.3 is 10.1 Å². The number of nitrogens with zero attached hydrogens (tertiary/aromatic N) is 1. The SMILES string of the molecule is CCNC(CN1CCS(=O)CC1)(C(=O)OCC)C1CC1. The van der Waals surface area contributed by atoms with Crippen molar-refractivity contribution in [3.8, 4) is 0 Å². The Balaban J connectivity index is 2.08. The standard InChI is InChI=1S/C14H26N2O3S/c1-3-15-14(12-5-6-12,13(17)19-4-2)11-16-7-9-20(18)10-8-16/h12,15H,3-11H2,1-2H3. The smallest absolute Gasteiger partial charge is 0.327 e. The van der Waals surface area contributed by atoms with Gasteiger partial charge in [-0.1, -0.05) is 6.92 Å². The van der Waals surface area contributed by atoms with Gasteiger partial charge in [-0.15, -0.1) is 0 Å². The molecule has 6 heteroatoms. The molecule has 1 atom stereocenters. The number of ether oxygens (including phenoxy) is 1. The van der Waals surface area contributed by atoms with E-state index < -0.39 is 16.3 Å². The van der Waals surface area contributed by atoms with Crippen LogP contribution in [0.25, 0.3) is 0 Å². The summed E-state index contributed by atoms with van der Waals surface area (Å²) in [6, 6.07) is 0. The normalized spacial score (nSPS) is 24.3. The summed E-state index contributed by atoms with van der Waals surface area (Å²) in [5.74, 6) is 1.70. The van der Waals surface area contributed by atoms with Crippen molar-refractivity contribution in [3.63, 3.8) is 0 Å². The van der Waals surface area contributed by atoms with E-state index in [1.165, 1.54) is 0 Å². The molecular formula is C14H26N2O3S. The van der Waals surface area contributed by atoms with Crippen LogP contribution in [-0.2, 0) is 20.3 Å². The molecule has 1 unspecified atom stereocenters. The van der Waals surface area contributed by atoms with Crippen molar-refractivity contribution >= 4 is 16.8 Å². The van der Waals surface area contributed by atoms with Gasteiger partial charge in [-0.25, -0.2) is 4.79 Å². The lowest BCUT2D eigenvalue weighted by molar-refractivity contribution is -0.153. The highest BCUT2D eigenvalue weighted by molar-refractivity contribution is 7.85. The summed E-state index contributed by atoms with van der Waals surface area (Å²) in [6.45, 7) is 7.37. The maximum atomic E-state index is 12.5. The number of hydrogen-bond acceptors (Lipinski definition) is 5. The van der Waals surface area contributed by atoms with E-state index in [-0.39, 0.29) is 5.97 Å². The van der Waals surface area contributed by atoms with Crippen molar-refractivity contribution in [2.75, 3.05) is 44.3 Å². The van der Waals surface area contributed by atoms with Gasteiger partial charge in [0, 0.05) is 41.9 Å². The molecule has 0 aromatic rings. The number of rotatable bonds is 7. The fourth-order valence-electron chi connectivity index (χ4n) is 2.97. The van der Waals surface area contributed by atoms with Crippen LogP contribution in [0.15, 0.2) is 0 Å². The van der Waals surface area contributed by atoms with Crippen LogP contribution in [0.1, 0.15) is 26.7 Å². The average Bonchev–Trinajstić information content (AvgIpc) is 3.25. The summed E-state index contributed by atoms with van der Waals surface area (Å²) in [4.78, 5) is 14.8. The number of nitrogens with one attached hydrogen (secondary N) is 1. The van der Waals surface area contributed by atoms with Crippen LogP contribution < -0.4 is 5.32 Å². The Labute approximate surface area is 123 Å². The van der Waals surface area contributed by atoms with Gasteiger partial charge >= 0.3 is 5.97 Å². The zero-order chi connectivity index (χ0) is 14.6. The Bertz CT molecular complexity index is 363. The average molecular weight is 302 g/mol. The fourth-order valence-corrected chi connectivity index (χ4v) is 4.10. The van der Waals surface area contributed by atoms with Crippen LogP contribution in [-0.4, -0.2) is 64.9 Å². The first-order chi connectivity index (χ1) is 9.62. The van der Waals surface area contributed by atoms with Crippen LogP contribution >= 0.6 is 0 Å². The van der Waals surface area contributed by atoms with Gasteiger partial charge in [0.15, 0.2) is 0 Å². The molecule has 0 aromatic heterocycles. The summed E-state index contributed by atoms with van der Waals surface area (Å²) in [6.07, 6.45) is 2.18. The molecule has 20 heavy (non-hydrogen) atoms. The number of carbonyl (C=O) groups is 1. The van der Waals surface area contributed by atoms with Crippen LogP contribution in [0.4, 0.5) is 0 Å². The summed E-state index contributed by atoms with van der Waals surface area (Å²) < 4.78 is 16.8. The minimum atomic E-state index is -0.680. The summed E-state index contributed by atoms with van der Waals surface area (Å²) in [5.41, 5.74) is -0.566. The monoisotopic (exact) mass is 302 g/mol. The molecule has 1 aliphatic heterocycles. The topological polar surface area (TPSA) is 58.6 Å². The fraction of sp³-hybridized carbons (Fsp3) is 0.929. The second-order valence-corrected chi connectivity index (χ2v) is 7.32.